The Kier molecular flexibility index (Phi) is 3.54. The minimum atomic E-state index is -1.04. The number of rotatable bonds is 2. The van der Waals surface area contributed by atoms with Crippen LogP contribution < -0.4 is 0 Å². The molecular weight excluding hydrogens is 305 g/mol. The van der Waals surface area contributed by atoms with Crippen molar-refractivity contribution >= 4 is 28.5 Å². The summed E-state index contributed by atoms with van der Waals surface area (Å²) in [5.41, 5.74) is 2.50. The molecule has 0 unspecified atom stereocenters. The van der Waals surface area contributed by atoms with Gasteiger partial charge >= 0.3 is 5.97 Å². The van der Waals surface area contributed by atoms with Crippen LogP contribution in [0.1, 0.15) is 15.9 Å². The summed E-state index contributed by atoms with van der Waals surface area (Å²) in [4.78, 5) is 16.0. The zero-order chi connectivity index (χ0) is 15.9. The number of hydrogen-bond acceptors (Lipinski definition) is 2. The van der Waals surface area contributed by atoms with Gasteiger partial charge in [0.2, 0.25) is 0 Å². The summed E-state index contributed by atoms with van der Waals surface area (Å²) in [7, 11) is 0. The maximum atomic E-state index is 13.0. The van der Waals surface area contributed by atoms with E-state index in [2.05, 4.69) is 4.98 Å². The molecule has 3 rings (SSSR count). The van der Waals surface area contributed by atoms with Crippen LogP contribution in [0.5, 0.6) is 0 Å². The minimum Gasteiger partial charge on any atom is -0.478 e. The Hall–Kier alpha value is -2.46. The summed E-state index contributed by atoms with van der Waals surface area (Å²) in [5, 5.41) is 10.5. The largest absolute Gasteiger partial charge is 0.478 e. The van der Waals surface area contributed by atoms with E-state index in [1.807, 2.05) is 0 Å². The molecule has 1 aromatic heterocycles. The molecule has 0 amide bonds. The van der Waals surface area contributed by atoms with Crippen molar-refractivity contribution < 1.29 is 14.3 Å². The molecule has 0 radical (unpaired) electrons. The van der Waals surface area contributed by atoms with Crippen LogP contribution in [0.25, 0.3) is 22.2 Å². The lowest BCUT2D eigenvalue weighted by Crippen LogP contribution is -2.01. The van der Waals surface area contributed by atoms with Gasteiger partial charge in [0.1, 0.15) is 5.82 Å². The maximum absolute atomic E-state index is 13.0. The molecule has 0 aliphatic heterocycles. The lowest BCUT2D eigenvalue weighted by molar-refractivity contribution is 0.0699. The highest BCUT2D eigenvalue weighted by Gasteiger charge is 2.15. The predicted molar refractivity (Wildman–Crippen MR) is 83.8 cm³/mol. The molecule has 2 aromatic carbocycles. The van der Waals surface area contributed by atoms with E-state index in [0.29, 0.717) is 32.7 Å². The van der Waals surface area contributed by atoms with Gasteiger partial charge in [0.15, 0.2) is 0 Å². The maximum Gasteiger partial charge on any atom is 0.336 e. The third kappa shape index (κ3) is 2.42. The van der Waals surface area contributed by atoms with Gasteiger partial charge in [-0.1, -0.05) is 17.7 Å². The van der Waals surface area contributed by atoms with Crippen molar-refractivity contribution in [3.63, 3.8) is 0 Å². The molecule has 0 saturated carbocycles. The number of fused-ring (bicyclic) bond motifs is 1. The first-order valence-corrected chi connectivity index (χ1v) is 6.94. The second-order valence-corrected chi connectivity index (χ2v) is 5.34. The number of aryl methyl sites for hydroxylation is 1. The molecule has 1 heterocycles. The number of benzene rings is 2. The lowest BCUT2D eigenvalue weighted by atomic mass is 10.0. The Balaban J connectivity index is 2.35. The van der Waals surface area contributed by atoms with Crippen LogP contribution in [0.4, 0.5) is 4.39 Å². The Morgan fingerprint density at radius 3 is 2.50 bits per heavy atom. The first kappa shape index (κ1) is 14.5. The molecule has 0 spiro atoms. The molecule has 5 heteroatoms. The van der Waals surface area contributed by atoms with Crippen LogP contribution in [-0.4, -0.2) is 16.1 Å². The summed E-state index contributed by atoms with van der Waals surface area (Å²) >= 11 is 6.10. The van der Waals surface area contributed by atoms with Crippen molar-refractivity contribution in [3.8, 4) is 11.3 Å². The lowest BCUT2D eigenvalue weighted by Gasteiger charge is -2.10. The van der Waals surface area contributed by atoms with E-state index in [9.17, 15) is 14.3 Å². The van der Waals surface area contributed by atoms with Crippen LogP contribution >= 0.6 is 11.6 Å². The third-order valence-electron chi connectivity index (χ3n) is 3.54. The van der Waals surface area contributed by atoms with Gasteiger partial charge in [-0.15, -0.1) is 0 Å². The smallest absolute Gasteiger partial charge is 0.336 e. The summed E-state index contributed by atoms with van der Waals surface area (Å²) in [6, 6.07) is 10.6. The third-order valence-corrected chi connectivity index (χ3v) is 3.95. The van der Waals surface area contributed by atoms with Gasteiger partial charge in [0, 0.05) is 16.0 Å². The Labute approximate surface area is 131 Å². The molecule has 1 N–H and O–H groups in total. The predicted octanol–water partition coefficient (Wildman–Crippen LogP) is 4.70. The average molecular weight is 316 g/mol. The van der Waals surface area contributed by atoms with Crippen molar-refractivity contribution in [1.82, 2.24) is 4.98 Å². The van der Waals surface area contributed by atoms with E-state index in [0.717, 1.165) is 0 Å². The Bertz CT molecular complexity index is 891. The number of halogens is 2. The van der Waals surface area contributed by atoms with Gasteiger partial charge in [0.05, 0.1) is 16.8 Å². The van der Waals surface area contributed by atoms with Crippen LogP contribution in [0.3, 0.4) is 0 Å². The molecule has 0 fully saturated rings. The Morgan fingerprint density at radius 2 is 1.86 bits per heavy atom. The first-order valence-electron chi connectivity index (χ1n) is 6.56. The molecule has 0 aliphatic rings. The quantitative estimate of drug-likeness (QED) is 0.745. The highest BCUT2D eigenvalue weighted by Crippen LogP contribution is 2.30. The van der Waals surface area contributed by atoms with Gasteiger partial charge in [0.25, 0.3) is 0 Å². The van der Waals surface area contributed by atoms with Crippen LogP contribution in [0.15, 0.2) is 42.5 Å². The fourth-order valence-corrected chi connectivity index (χ4v) is 2.50. The highest BCUT2D eigenvalue weighted by molar-refractivity contribution is 6.32. The van der Waals surface area contributed by atoms with E-state index in [1.54, 1.807) is 31.2 Å². The number of carboxylic acid groups (broad SMARTS) is 1. The fourth-order valence-electron chi connectivity index (χ4n) is 2.35. The van der Waals surface area contributed by atoms with E-state index in [-0.39, 0.29) is 11.4 Å². The molecular formula is C17H11ClFNO2. The molecule has 3 aromatic rings. The summed E-state index contributed by atoms with van der Waals surface area (Å²) in [5.74, 6) is -1.40. The number of aromatic carboxylic acids is 1. The van der Waals surface area contributed by atoms with E-state index in [1.165, 1.54) is 18.2 Å². The van der Waals surface area contributed by atoms with Gasteiger partial charge in [-0.3, -0.25) is 0 Å². The number of carboxylic acids is 1. The van der Waals surface area contributed by atoms with Crippen molar-refractivity contribution in [1.29, 1.82) is 0 Å². The van der Waals surface area contributed by atoms with Gasteiger partial charge < -0.3 is 5.11 Å². The molecule has 0 aliphatic carbocycles. The number of carbonyl (C=O) groups is 1. The fraction of sp³-hybridized carbons (Fsp3) is 0.0588. The van der Waals surface area contributed by atoms with Gasteiger partial charge in [-0.2, -0.15) is 0 Å². The highest BCUT2D eigenvalue weighted by atomic mass is 35.5. The first-order chi connectivity index (χ1) is 10.5. The molecule has 0 saturated heterocycles. The molecule has 0 bridgehead atoms. The van der Waals surface area contributed by atoms with Crippen molar-refractivity contribution in [2.24, 2.45) is 0 Å². The normalized spacial score (nSPS) is 10.9. The van der Waals surface area contributed by atoms with Crippen LogP contribution in [-0.2, 0) is 0 Å². The SMILES string of the molecule is Cc1c(Cl)ccc2c(C(=O)O)cc(-c3ccc(F)cc3)nc12. The summed E-state index contributed by atoms with van der Waals surface area (Å²) in [6.45, 7) is 1.79. The van der Waals surface area contributed by atoms with E-state index >= 15 is 0 Å². The second-order valence-electron chi connectivity index (χ2n) is 4.94. The Morgan fingerprint density at radius 1 is 1.18 bits per heavy atom. The topological polar surface area (TPSA) is 50.2 Å². The molecule has 3 nitrogen and oxygen atoms in total. The number of nitrogens with zero attached hydrogens (tertiary/aromatic N) is 1. The summed E-state index contributed by atoms with van der Waals surface area (Å²) in [6.07, 6.45) is 0. The standard InChI is InChI=1S/C17H11ClFNO2/c1-9-14(18)7-6-12-13(17(21)22)8-15(20-16(9)12)10-2-4-11(19)5-3-10/h2-8H,1H3,(H,21,22). The van der Waals surface area contributed by atoms with Crippen molar-refractivity contribution in [2.75, 3.05) is 0 Å². The zero-order valence-corrected chi connectivity index (χ0v) is 12.4. The average Bonchev–Trinajstić information content (AvgIpc) is 2.51. The molecule has 110 valence electrons. The van der Waals surface area contributed by atoms with Crippen molar-refractivity contribution in [3.05, 3.63) is 64.4 Å². The number of pyridine rings is 1. The zero-order valence-electron chi connectivity index (χ0n) is 11.6. The van der Waals surface area contributed by atoms with Crippen LogP contribution in [0.2, 0.25) is 5.02 Å². The minimum absolute atomic E-state index is 0.143. The molecule has 22 heavy (non-hydrogen) atoms. The summed E-state index contributed by atoms with van der Waals surface area (Å²) < 4.78 is 13.0. The van der Waals surface area contributed by atoms with Crippen molar-refractivity contribution in [2.45, 2.75) is 6.92 Å². The monoisotopic (exact) mass is 315 g/mol. The van der Waals surface area contributed by atoms with E-state index in [4.69, 9.17) is 11.6 Å². The van der Waals surface area contributed by atoms with E-state index < -0.39 is 5.97 Å². The van der Waals surface area contributed by atoms with Gasteiger partial charge in [-0.05, 0) is 48.9 Å². The van der Waals surface area contributed by atoms with Crippen LogP contribution in [0, 0.1) is 12.7 Å². The number of hydrogen-bond donors (Lipinski definition) is 1. The number of aromatic nitrogens is 1. The van der Waals surface area contributed by atoms with Gasteiger partial charge in [-0.25, -0.2) is 14.2 Å². The molecule has 0 atom stereocenters. The second kappa shape index (κ2) is 5.39.